The number of fused-ring (bicyclic) bond motifs is 1. The van der Waals surface area contributed by atoms with Crippen LogP contribution in [0.5, 0.6) is 5.75 Å². The summed E-state index contributed by atoms with van der Waals surface area (Å²) >= 11 is 0. The standard InChI is InChI=1S/C33H35NO4/c1-21-6-5-7-25(16-21)30-18-24(9-8-22(30)2)17-28(35)20-27-19-26-10-11-31(23(3)32(26)38-33(27)36)37-29-12-14-34(4)15-13-29/h5-11,16,18-19,29H,12-15,17,20H2,1-4H3. The Hall–Kier alpha value is -3.70. The Bertz CT molecular complexity index is 1540. The summed E-state index contributed by atoms with van der Waals surface area (Å²) in [5, 5.41) is 0.803. The van der Waals surface area contributed by atoms with E-state index >= 15 is 0 Å². The Morgan fingerprint density at radius 3 is 2.53 bits per heavy atom. The number of ether oxygens (including phenoxy) is 1. The number of piperidine rings is 1. The van der Waals surface area contributed by atoms with Crippen LogP contribution in [0, 0.1) is 20.8 Å². The van der Waals surface area contributed by atoms with Crippen LogP contribution >= 0.6 is 0 Å². The molecule has 196 valence electrons. The third-order valence-electron chi connectivity index (χ3n) is 7.55. The van der Waals surface area contributed by atoms with E-state index in [2.05, 4.69) is 56.1 Å². The Balaban J connectivity index is 1.32. The molecule has 0 aliphatic carbocycles. The SMILES string of the molecule is Cc1cccc(-c2cc(CC(=O)Cc3cc4ccc(OC5CCN(C)CC5)c(C)c4oc3=O)ccc2C)c1. The van der Waals surface area contributed by atoms with Gasteiger partial charge in [0.15, 0.2) is 0 Å². The summed E-state index contributed by atoms with van der Waals surface area (Å²) in [6, 6.07) is 20.1. The van der Waals surface area contributed by atoms with Gasteiger partial charge in [0, 0.05) is 42.4 Å². The van der Waals surface area contributed by atoms with Crippen molar-refractivity contribution in [1.29, 1.82) is 0 Å². The van der Waals surface area contributed by atoms with Gasteiger partial charge in [0.05, 0.1) is 0 Å². The molecule has 4 aromatic rings. The molecule has 1 aromatic heterocycles. The fourth-order valence-electron chi connectivity index (χ4n) is 5.29. The lowest BCUT2D eigenvalue weighted by molar-refractivity contribution is -0.117. The highest BCUT2D eigenvalue weighted by atomic mass is 16.5. The average Bonchev–Trinajstić information content (AvgIpc) is 2.89. The van der Waals surface area contributed by atoms with E-state index in [1.54, 1.807) is 6.07 Å². The smallest absolute Gasteiger partial charge is 0.339 e. The van der Waals surface area contributed by atoms with E-state index in [0.717, 1.165) is 64.9 Å². The van der Waals surface area contributed by atoms with E-state index in [1.807, 2.05) is 31.2 Å². The molecule has 5 nitrogen and oxygen atoms in total. The third kappa shape index (κ3) is 5.73. The normalized spacial score (nSPS) is 14.6. The van der Waals surface area contributed by atoms with E-state index in [1.165, 1.54) is 5.56 Å². The Kier molecular flexibility index (Phi) is 7.48. The number of ketones is 1. The number of benzene rings is 3. The molecular weight excluding hydrogens is 474 g/mol. The topological polar surface area (TPSA) is 59.8 Å². The maximum Gasteiger partial charge on any atom is 0.339 e. The largest absolute Gasteiger partial charge is 0.490 e. The predicted molar refractivity (Wildman–Crippen MR) is 152 cm³/mol. The highest BCUT2D eigenvalue weighted by Gasteiger charge is 2.20. The molecule has 38 heavy (non-hydrogen) atoms. The molecule has 1 aliphatic rings. The monoisotopic (exact) mass is 509 g/mol. The second kappa shape index (κ2) is 11.0. The zero-order chi connectivity index (χ0) is 26.8. The van der Waals surface area contributed by atoms with Gasteiger partial charge in [0.25, 0.3) is 0 Å². The first-order valence-electron chi connectivity index (χ1n) is 13.4. The summed E-state index contributed by atoms with van der Waals surface area (Å²) in [5.74, 6) is 0.734. The number of carbonyl (C=O) groups excluding carboxylic acids is 1. The van der Waals surface area contributed by atoms with Gasteiger partial charge in [-0.15, -0.1) is 0 Å². The van der Waals surface area contributed by atoms with E-state index in [-0.39, 0.29) is 24.7 Å². The summed E-state index contributed by atoms with van der Waals surface area (Å²) < 4.78 is 12.0. The van der Waals surface area contributed by atoms with E-state index < -0.39 is 5.63 Å². The van der Waals surface area contributed by atoms with Gasteiger partial charge in [-0.25, -0.2) is 4.79 Å². The molecule has 2 heterocycles. The van der Waals surface area contributed by atoms with E-state index in [0.29, 0.717) is 11.1 Å². The number of hydrogen-bond acceptors (Lipinski definition) is 5. The lowest BCUT2D eigenvalue weighted by atomic mass is 9.94. The molecule has 0 amide bonds. The van der Waals surface area contributed by atoms with Gasteiger partial charge in [0.2, 0.25) is 0 Å². The van der Waals surface area contributed by atoms with Crippen molar-refractivity contribution >= 4 is 16.8 Å². The first-order chi connectivity index (χ1) is 18.3. The van der Waals surface area contributed by atoms with Crippen LogP contribution in [0.25, 0.3) is 22.1 Å². The molecule has 1 aliphatic heterocycles. The van der Waals surface area contributed by atoms with Crippen molar-refractivity contribution in [1.82, 2.24) is 4.90 Å². The fourth-order valence-corrected chi connectivity index (χ4v) is 5.29. The number of hydrogen-bond donors (Lipinski definition) is 0. The number of carbonyl (C=O) groups is 1. The van der Waals surface area contributed by atoms with Gasteiger partial charge in [0.1, 0.15) is 23.2 Å². The molecule has 0 N–H and O–H groups in total. The van der Waals surface area contributed by atoms with Crippen LogP contribution in [-0.2, 0) is 17.6 Å². The molecule has 3 aromatic carbocycles. The number of nitrogens with zero attached hydrogens (tertiary/aromatic N) is 1. The van der Waals surface area contributed by atoms with Crippen LogP contribution in [0.3, 0.4) is 0 Å². The van der Waals surface area contributed by atoms with Gasteiger partial charge in [-0.2, -0.15) is 0 Å². The zero-order valence-corrected chi connectivity index (χ0v) is 22.7. The van der Waals surface area contributed by atoms with Gasteiger partial charge in [-0.1, -0.05) is 48.0 Å². The molecule has 0 saturated carbocycles. The first kappa shape index (κ1) is 25.9. The van der Waals surface area contributed by atoms with Crippen LogP contribution < -0.4 is 10.4 Å². The van der Waals surface area contributed by atoms with Crippen LogP contribution in [0.1, 0.15) is 40.7 Å². The quantitative estimate of drug-likeness (QED) is 0.277. The Morgan fingerprint density at radius 2 is 1.76 bits per heavy atom. The molecule has 5 heteroatoms. The molecule has 0 unspecified atom stereocenters. The van der Waals surface area contributed by atoms with Crippen molar-refractivity contribution in [3.05, 3.63) is 98.9 Å². The summed E-state index contributed by atoms with van der Waals surface area (Å²) in [7, 11) is 2.12. The predicted octanol–water partition coefficient (Wildman–Crippen LogP) is 6.21. The van der Waals surface area contributed by atoms with Gasteiger partial charge >= 0.3 is 5.63 Å². The van der Waals surface area contributed by atoms with Crippen molar-refractivity contribution in [2.75, 3.05) is 20.1 Å². The molecule has 0 radical (unpaired) electrons. The molecule has 5 rings (SSSR count). The maximum absolute atomic E-state index is 13.0. The molecule has 1 saturated heterocycles. The Morgan fingerprint density at radius 1 is 0.974 bits per heavy atom. The minimum atomic E-state index is -0.463. The van der Waals surface area contributed by atoms with Crippen LogP contribution in [-0.4, -0.2) is 36.9 Å². The van der Waals surface area contributed by atoms with Gasteiger partial charge in [-0.05, 0) is 81.1 Å². The zero-order valence-electron chi connectivity index (χ0n) is 22.7. The lowest BCUT2D eigenvalue weighted by Crippen LogP contribution is -2.35. The average molecular weight is 510 g/mol. The molecule has 0 atom stereocenters. The first-order valence-corrected chi connectivity index (χ1v) is 13.4. The molecular formula is C33H35NO4. The second-order valence-electron chi connectivity index (χ2n) is 10.7. The van der Waals surface area contributed by atoms with Crippen molar-refractivity contribution in [3.63, 3.8) is 0 Å². The molecule has 0 spiro atoms. The number of aryl methyl sites for hydroxylation is 3. The summed E-state index contributed by atoms with van der Waals surface area (Å²) in [4.78, 5) is 28.2. The van der Waals surface area contributed by atoms with E-state index in [9.17, 15) is 9.59 Å². The fraction of sp³-hybridized carbons (Fsp3) is 0.333. The number of rotatable bonds is 7. The summed E-state index contributed by atoms with van der Waals surface area (Å²) in [6.45, 7) is 8.10. The number of likely N-dealkylation sites (tertiary alicyclic amines) is 1. The molecule has 0 bridgehead atoms. The van der Waals surface area contributed by atoms with Crippen LogP contribution in [0.4, 0.5) is 0 Å². The van der Waals surface area contributed by atoms with E-state index in [4.69, 9.17) is 9.15 Å². The van der Waals surface area contributed by atoms with Crippen molar-refractivity contribution in [2.45, 2.75) is 52.6 Å². The minimum Gasteiger partial charge on any atom is -0.490 e. The van der Waals surface area contributed by atoms with Gasteiger partial charge < -0.3 is 14.1 Å². The highest BCUT2D eigenvalue weighted by molar-refractivity contribution is 5.86. The maximum atomic E-state index is 13.0. The minimum absolute atomic E-state index is 0.0189. The van der Waals surface area contributed by atoms with Crippen LogP contribution in [0.2, 0.25) is 0 Å². The Labute approximate surface area is 224 Å². The van der Waals surface area contributed by atoms with Crippen molar-refractivity contribution in [3.8, 4) is 16.9 Å². The highest BCUT2D eigenvalue weighted by Crippen LogP contribution is 2.30. The third-order valence-corrected chi connectivity index (χ3v) is 7.55. The van der Waals surface area contributed by atoms with Gasteiger partial charge in [-0.3, -0.25) is 4.79 Å². The summed E-state index contributed by atoms with van der Waals surface area (Å²) in [5.41, 5.74) is 6.83. The van der Waals surface area contributed by atoms with Crippen molar-refractivity contribution in [2.24, 2.45) is 0 Å². The second-order valence-corrected chi connectivity index (χ2v) is 10.7. The van der Waals surface area contributed by atoms with Crippen molar-refractivity contribution < 1.29 is 13.9 Å². The van der Waals surface area contributed by atoms with Crippen LogP contribution in [0.15, 0.2) is 69.9 Å². The lowest BCUT2D eigenvalue weighted by Gasteiger charge is -2.29. The molecule has 1 fully saturated rings. The summed E-state index contributed by atoms with van der Waals surface area (Å²) in [6.07, 6.45) is 2.43. The number of Topliss-reactive ketones (excluding diaryl/α,β-unsaturated/α-hetero) is 1.